The summed E-state index contributed by atoms with van der Waals surface area (Å²) in [5.74, 6) is 0.420. The average molecular weight is 325 g/mol. The van der Waals surface area contributed by atoms with E-state index in [2.05, 4.69) is 24.0 Å². The number of piperidine rings is 1. The molecule has 1 saturated heterocycles. The van der Waals surface area contributed by atoms with Crippen molar-refractivity contribution < 1.29 is 9.53 Å². The fourth-order valence-corrected chi connectivity index (χ4v) is 3.21. The lowest BCUT2D eigenvalue weighted by Gasteiger charge is -2.31. The van der Waals surface area contributed by atoms with Crippen LogP contribution in [0.4, 0.5) is 0 Å². The molecule has 0 radical (unpaired) electrons. The molecule has 1 fully saturated rings. The fraction of sp³-hybridized carbons (Fsp3) is 0.421. The van der Waals surface area contributed by atoms with Crippen LogP contribution < -0.4 is 0 Å². The molecule has 1 aliphatic heterocycles. The molecule has 0 saturated carbocycles. The van der Waals surface area contributed by atoms with Crippen molar-refractivity contribution in [3.8, 4) is 11.3 Å². The molecule has 2 heterocycles. The molecule has 2 aromatic rings. The van der Waals surface area contributed by atoms with Crippen LogP contribution in [0.3, 0.4) is 0 Å². The van der Waals surface area contributed by atoms with E-state index in [1.165, 1.54) is 5.56 Å². The van der Waals surface area contributed by atoms with E-state index in [1.807, 2.05) is 29.4 Å². The lowest BCUT2D eigenvalue weighted by Crippen LogP contribution is -2.39. The van der Waals surface area contributed by atoms with Gasteiger partial charge in [0.25, 0.3) is 0 Å². The minimum atomic E-state index is 0.0655. The van der Waals surface area contributed by atoms with Gasteiger partial charge in [-0.15, -0.1) is 0 Å². The third-order valence-electron chi connectivity index (χ3n) is 4.61. The van der Waals surface area contributed by atoms with E-state index in [-0.39, 0.29) is 12.5 Å². The van der Waals surface area contributed by atoms with E-state index < -0.39 is 0 Å². The Morgan fingerprint density at radius 1 is 1.25 bits per heavy atom. The van der Waals surface area contributed by atoms with Crippen molar-refractivity contribution in [3.05, 3.63) is 47.9 Å². The van der Waals surface area contributed by atoms with Crippen LogP contribution in [0.25, 0.3) is 11.3 Å². The summed E-state index contributed by atoms with van der Waals surface area (Å²) in [6, 6.07) is 8.22. The van der Waals surface area contributed by atoms with E-state index >= 15 is 0 Å². The predicted molar refractivity (Wildman–Crippen MR) is 92.6 cm³/mol. The van der Waals surface area contributed by atoms with Gasteiger partial charge < -0.3 is 9.64 Å². The number of nitrogens with zero attached hydrogens (tertiary/aromatic N) is 3. The first-order chi connectivity index (χ1) is 11.7. The third kappa shape index (κ3) is 3.62. The van der Waals surface area contributed by atoms with E-state index in [0.717, 1.165) is 42.9 Å². The van der Waals surface area contributed by atoms with Crippen LogP contribution in [-0.4, -0.2) is 47.6 Å². The standard InChI is InChI=1S/C19H23N3O2/c1-14-5-3-4-6-16(14)18-12-20-11-17(21-18)15-7-9-22(10-8-15)19(23)13-24-2/h3-6,11-12,15H,7-10,13H2,1-2H3. The number of amides is 1. The number of hydrogen-bond donors (Lipinski definition) is 0. The van der Waals surface area contributed by atoms with Crippen LogP contribution in [0.1, 0.15) is 30.0 Å². The molecule has 0 N–H and O–H groups in total. The Morgan fingerprint density at radius 3 is 2.71 bits per heavy atom. The van der Waals surface area contributed by atoms with Crippen molar-refractivity contribution in [2.24, 2.45) is 0 Å². The average Bonchev–Trinajstić information content (AvgIpc) is 2.62. The number of rotatable bonds is 4. The highest BCUT2D eigenvalue weighted by Crippen LogP contribution is 2.28. The van der Waals surface area contributed by atoms with Crippen molar-refractivity contribution in [2.75, 3.05) is 26.8 Å². The molecule has 1 aromatic carbocycles. The lowest BCUT2D eigenvalue weighted by molar-refractivity contribution is -0.136. The zero-order valence-corrected chi connectivity index (χ0v) is 14.2. The first-order valence-electron chi connectivity index (χ1n) is 8.33. The van der Waals surface area contributed by atoms with Gasteiger partial charge in [0.1, 0.15) is 6.61 Å². The molecule has 3 rings (SSSR count). The molecule has 5 heteroatoms. The van der Waals surface area contributed by atoms with Gasteiger partial charge in [0, 0.05) is 37.9 Å². The summed E-state index contributed by atoms with van der Waals surface area (Å²) in [4.78, 5) is 23.0. The highest BCUT2D eigenvalue weighted by atomic mass is 16.5. The van der Waals surface area contributed by atoms with Crippen molar-refractivity contribution >= 4 is 5.91 Å². The van der Waals surface area contributed by atoms with Gasteiger partial charge >= 0.3 is 0 Å². The number of likely N-dealkylation sites (tertiary alicyclic amines) is 1. The van der Waals surface area contributed by atoms with Gasteiger partial charge in [-0.2, -0.15) is 0 Å². The summed E-state index contributed by atoms with van der Waals surface area (Å²) in [5.41, 5.74) is 4.27. The Morgan fingerprint density at radius 2 is 2.00 bits per heavy atom. The summed E-state index contributed by atoms with van der Waals surface area (Å²) in [6.07, 6.45) is 5.52. The van der Waals surface area contributed by atoms with Crippen molar-refractivity contribution in [2.45, 2.75) is 25.7 Å². The number of hydrogen-bond acceptors (Lipinski definition) is 4. The van der Waals surface area contributed by atoms with Gasteiger partial charge in [-0.05, 0) is 25.3 Å². The molecule has 1 aromatic heterocycles. The van der Waals surface area contributed by atoms with Gasteiger partial charge in [0.2, 0.25) is 5.91 Å². The molecular weight excluding hydrogens is 302 g/mol. The van der Waals surface area contributed by atoms with Crippen molar-refractivity contribution in [1.29, 1.82) is 0 Å². The van der Waals surface area contributed by atoms with Gasteiger partial charge in [-0.1, -0.05) is 24.3 Å². The normalized spacial score (nSPS) is 15.5. The largest absolute Gasteiger partial charge is 0.375 e. The van der Waals surface area contributed by atoms with Crippen LogP contribution in [0.2, 0.25) is 0 Å². The van der Waals surface area contributed by atoms with Crippen LogP contribution in [-0.2, 0) is 9.53 Å². The molecule has 0 atom stereocenters. The van der Waals surface area contributed by atoms with Crippen molar-refractivity contribution in [3.63, 3.8) is 0 Å². The van der Waals surface area contributed by atoms with Crippen molar-refractivity contribution in [1.82, 2.24) is 14.9 Å². The Labute approximate surface area is 142 Å². The molecule has 24 heavy (non-hydrogen) atoms. The van der Waals surface area contributed by atoms with E-state index in [9.17, 15) is 4.79 Å². The van der Waals surface area contributed by atoms with Gasteiger partial charge in [-0.25, -0.2) is 4.98 Å². The molecule has 126 valence electrons. The van der Waals surface area contributed by atoms with Gasteiger partial charge in [-0.3, -0.25) is 9.78 Å². The highest BCUT2D eigenvalue weighted by Gasteiger charge is 2.25. The monoisotopic (exact) mass is 325 g/mol. The lowest BCUT2D eigenvalue weighted by atomic mass is 9.93. The maximum Gasteiger partial charge on any atom is 0.248 e. The van der Waals surface area contributed by atoms with Crippen LogP contribution in [0.15, 0.2) is 36.7 Å². The molecule has 0 spiro atoms. The zero-order valence-electron chi connectivity index (χ0n) is 14.2. The summed E-state index contributed by atoms with van der Waals surface area (Å²) < 4.78 is 4.93. The molecule has 0 bridgehead atoms. The first-order valence-corrected chi connectivity index (χ1v) is 8.33. The Hall–Kier alpha value is -2.27. The Kier molecular flexibility index (Phi) is 5.20. The summed E-state index contributed by atoms with van der Waals surface area (Å²) in [5, 5.41) is 0. The van der Waals surface area contributed by atoms with Gasteiger partial charge in [0.05, 0.1) is 17.6 Å². The quantitative estimate of drug-likeness (QED) is 0.867. The zero-order chi connectivity index (χ0) is 16.9. The topological polar surface area (TPSA) is 55.3 Å². The molecule has 5 nitrogen and oxygen atoms in total. The SMILES string of the molecule is COCC(=O)N1CCC(c2cncc(-c3ccccc3C)n2)CC1. The minimum Gasteiger partial charge on any atom is -0.375 e. The molecule has 0 unspecified atom stereocenters. The summed E-state index contributed by atoms with van der Waals surface area (Å²) >= 11 is 0. The number of aromatic nitrogens is 2. The molecule has 1 amide bonds. The van der Waals surface area contributed by atoms with E-state index in [1.54, 1.807) is 7.11 Å². The molecule has 1 aliphatic rings. The number of benzene rings is 1. The number of methoxy groups -OCH3 is 1. The van der Waals surface area contributed by atoms with Gasteiger partial charge in [0.15, 0.2) is 0 Å². The van der Waals surface area contributed by atoms with E-state index in [0.29, 0.717) is 5.92 Å². The number of carbonyl (C=O) groups excluding carboxylic acids is 1. The third-order valence-corrected chi connectivity index (χ3v) is 4.61. The van der Waals surface area contributed by atoms with Crippen LogP contribution in [0.5, 0.6) is 0 Å². The molecular formula is C19H23N3O2. The second-order valence-corrected chi connectivity index (χ2v) is 6.23. The van der Waals surface area contributed by atoms with Crippen LogP contribution in [0, 0.1) is 6.92 Å². The number of aryl methyl sites for hydroxylation is 1. The highest BCUT2D eigenvalue weighted by molar-refractivity contribution is 5.77. The smallest absolute Gasteiger partial charge is 0.248 e. The Bertz CT molecular complexity index is 709. The number of ether oxygens (including phenoxy) is 1. The second kappa shape index (κ2) is 7.53. The molecule has 0 aliphatic carbocycles. The van der Waals surface area contributed by atoms with Crippen LogP contribution >= 0.6 is 0 Å². The first kappa shape index (κ1) is 16.6. The maximum absolute atomic E-state index is 11.9. The minimum absolute atomic E-state index is 0.0655. The maximum atomic E-state index is 11.9. The Balaban J connectivity index is 1.72. The number of carbonyl (C=O) groups is 1. The second-order valence-electron chi connectivity index (χ2n) is 6.23. The summed E-state index contributed by atoms with van der Waals surface area (Å²) in [6.45, 7) is 3.75. The van der Waals surface area contributed by atoms with E-state index in [4.69, 9.17) is 9.72 Å². The fourth-order valence-electron chi connectivity index (χ4n) is 3.21. The predicted octanol–water partition coefficient (Wildman–Crippen LogP) is 2.80. The summed E-state index contributed by atoms with van der Waals surface area (Å²) in [7, 11) is 1.55.